The summed E-state index contributed by atoms with van der Waals surface area (Å²) in [5.74, 6) is 0.667. The summed E-state index contributed by atoms with van der Waals surface area (Å²) >= 11 is 0. The van der Waals surface area contributed by atoms with Crippen molar-refractivity contribution in [3.05, 3.63) is 29.6 Å². The fraction of sp³-hybridized carbons (Fsp3) is 0.571. The van der Waals surface area contributed by atoms with Crippen LogP contribution in [-0.2, 0) is 4.74 Å². The number of nitrogens with one attached hydrogen (secondary N) is 1. The lowest BCUT2D eigenvalue weighted by molar-refractivity contribution is 0.0938. The van der Waals surface area contributed by atoms with Crippen molar-refractivity contribution in [2.45, 2.75) is 26.2 Å². The Kier molecular flexibility index (Phi) is 4.31. The number of amides is 1. The largest absolute Gasteiger partial charge is 0.381 e. The summed E-state index contributed by atoms with van der Waals surface area (Å²) in [7, 11) is 0. The molecule has 1 saturated heterocycles. The topological polar surface area (TPSA) is 51.2 Å². The molecule has 0 saturated carbocycles. The van der Waals surface area contributed by atoms with Gasteiger partial charge in [0.05, 0.1) is 6.61 Å². The highest BCUT2D eigenvalue weighted by Crippen LogP contribution is 2.17. The second-order valence-electron chi connectivity index (χ2n) is 5.04. The van der Waals surface area contributed by atoms with Gasteiger partial charge in [0.1, 0.15) is 5.69 Å². The Balaban J connectivity index is 1.99. The van der Waals surface area contributed by atoms with Crippen LogP contribution in [0.4, 0.5) is 0 Å². The molecular formula is C14H20N2O2. The van der Waals surface area contributed by atoms with Crippen LogP contribution < -0.4 is 5.32 Å². The number of pyridine rings is 1. The van der Waals surface area contributed by atoms with Crippen molar-refractivity contribution in [3.63, 3.8) is 0 Å². The minimum absolute atomic E-state index is 0.0776. The molecule has 2 rings (SSSR count). The van der Waals surface area contributed by atoms with Crippen molar-refractivity contribution in [2.24, 2.45) is 5.92 Å². The zero-order chi connectivity index (χ0) is 13.0. The molecule has 0 spiro atoms. The Labute approximate surface area is 108 Å². The normalized spacial score (nSPS) is 19.2. The van der Waals surface area contributed by atoms with E-state index in [1.54, 1.807) is 6.20 Å². The zero-order valence-electron chi connectivity index (χ0n) is 11.0. The molecule has 1 aromatic rings. The molecule has 1 aliphatic heterocycles. The molecule has 1 aromatic heterocycles. The van der Waals surface area contributed by atoms with Crippen LogP contribution in [0.2, 0.25) is 0 Å². The number of hydrogen-bond donors (Lipinski definition) is 1. The standard InChI is InChI=1S/C14H20N2O2/c1-10(2)12-4-3-6-15-13(12)14(17)16-8-11-5-7-18-9-11/h3-4,6,10-11H,5,7-9H2,1-2H3,(H,16,17)/t11-/m1/s1. The van der Waals surface area contributed by atoms with Gasteiger partial charge in [0.25, 0.3) is 5.91 Å². The molecule has 1 amide bonds. The molecule has 0 radical (unpaired) electrons. The summed E-state index contributed by atoms with van der Waals surface area (Å²) in [6, 6.07) is 3.84. The van der Waals surface area contributed by atoms with Crippen LogP contribution in [0, 0.1) is 5.92 Å². The van der Waals surface area contributed by atoms with Crippen molar-refractivity contribution in [2.75, 3.05) is 19.8 Å². The van der Waals surface area contributed by atoms with E-state index in [1.807, 2.05) is 12.1 Å². The first-order valence-corrected chi connectivity index (χ1v) is 6.49. The van der Waals surface area contributed by atoms with E-state index < -0.39 is 0 Å². The van der Waals surface area contributed by atoms with Gasteiger partial charge in [-0.05, 0) is 24.0 Å². The molecular weight excluding hydrogens is 228 g/mol. The molecule has 2 heterocycles. The SMILES string of the molecule is CC(C)c1cccnc1C(=O)NC[C@H]1CCOC1. The number of nitrogens with zero attached hydrogens (tertiary/aromatic N) is 1. The van der Waals surface area contributed by atoms with Crippen LogP contribution in [0.25, 0.3) is 0 Å². The van der Waals surface area contributed by atoms with Gasteiger partial charge in [-0.25, -0.2) is 0 Å². The fourth-order valence-electron chi connectivity index (χ4n) is 2.14. The molecule has 98 valence electrons. The summed E-state index contributed by atoms with van der Waals surface area (Å²) in [6.07, 6.45) is 2.69. The molecule has 1 N–H and O–H groups in total. The van der Waals surface area contributed by atoms with E-state index in [-0.39, 0.29) is 5.91 Å². The Morgan fingerprint density at radius 2 is 2.44 bits per heavy atom. The number of hydrogen-bond acceptors (Lipinski definition) is 3. The number of rotatable bonds is 4. The second-order valence-corrected chi connectivity index (χ2v) is 5.04. The molecule has 18 heavy (non-hydrogen) atoms. The first kappa shape index (κ1) is 13.0. The van der Waals surface area contributed by atoms with Crippen LogP contribution >= 0.6 is 0 Å². The van der Waals surface area contributed by atoms with E-state index in [1.165, 1.54) is 0 Å². The van der Waals surface area contributed by atoms with E-state index in [2.05, 4.69) is 24.1 Å². The Hall–Kier alpha value is -1.42. The van der Waals surface area contributed by atoms with Gasteiger partial charge in [-0.15, -0.1) is 0 Å². The van der Waals surface area contributed by atoms with Crippen LogP contribution in [0.1, 0.15) is 42.2 Å². The maximum Gasteiger partial charge on any atom is 0.270 e. The predicted molar refractivity (Wildman–Crippen MR) is 69.6 cm³/mol. The minimum Gasteiger partial charge on any atom is -0.381 e. The maximum absolute atomic E-state index is 12.1. The van der Waals surface area contributed by atoms with Crippen LogP contribution in [0.5, 0.6) is 0 Å². The molecule has 1 fully saturated rings. The molecule has 0 bridgehead atoms. The van der Waals surface area contributed by atoms with E-state index in [4.69, 9.17) is 4.74 Å². The molecule has 0 aromatic carbocycles. The first-order valence-electron chi connectivity index (χ1n) is 6.49. The predicted octanol–water partition coefficient (Wildman–Crippen LogP) is 1.97. The Bertz CT molecular complexity index is 412. The quantitative estimate of drug-likeness (QED) is 0.886. The third kappa shape index (κ3) is 3.07. The van der Waals surface area contributed by atoms with Crippen molar-refractivity contribution in [1.29, 1.82) is 0 Å². The lowest BCUT2D eigenvalue weighted by Crippen LogP contribution is -2.31. The van der Waals surface area contributed by atoms with Crippen LogP contribution in [-0.4, -0.2) is 30.6 Å². The van der Waals surface area contributed by atoms with Crippen molar-refractivity contribution < 1.29 is 9.53 Å². The zero-order valence-corrected chi connectivity index (χ0v) is 11.0. The average molecular weight is 248 g/mol. The van der Waals surface area contributed by atoms with Crippen molar-refractivity contribution in [1.82, 2.24) is 10.3 Å². The van der Waals surface area contributed by atoms with E-state index in [9.17, 15) is 4.79 Å². The lowest BCUT2D eigenvalue weighted by Gasteiger charge is -2.13. The highest BCUT2D eigenvalue weighted by Gasteiger charge is 2.19. The smallest absolute Gasteiger partial charge is 0.270 e. The molecule has 1 atom stereocenters. The number of carbonyl (C=O) groups is 1. The van der Waals surface area contributed by atoms with Crippen LogP contribution in [0.15, 0.2) is 18.3 Å². The van der Waals surface area contributed by atoms with Gasteiger partial charge < -0.3 is 10.1 Å². The highest BCUT2D eigenvalue weighted by atomic mass is 16.5. The first-order chi connectivity index (χ1) is 8.68. The monoisotopic (exact) mass is 248 g/mol. The molecule has 0 aliphatic carbocycles. The van der Waals surface area contributed by atoms with Gasteiger partial charge in [-0.2, -0.15) is 0 Å². The summed E-state index contributed by atoms with van der Waals surface area (Å²) in [5, 5.41) is 2.95. The fourth-order valence-corrected chi connectivity index (χ4v) is 2.14. The summed E-state index contributed by atoms with van der Waals surface area (Å²) in [4.78, 5) is 16.3. The van der Waals surface area contributed by atoms with Crippen molar-refractivity contribution >= 4 is 5.91 Å². The van der Waals surface area contributed by atoms with Crippen molar-refractivity contribution in [3.8, 4) is 0 Å². The third-order valence-electron chi connectivity index (χ3n) is 3.25. The van der Waals surface area contributed by atoms with E-state index >= 15 is 0 Å². The molecule has 0 unspecified atom stereocenters. The Morgan fingerprint density at radius 1 is 1.61 bits per heavy atom. The van der Waals surface area contributed by atoms with Gasteiger partial charge >= 0.3 is 0 Å². The number of ether oxygens (including phenoxy) is 1. The Morgan fingerprint density at radius 3 is 3.11 bits per heavy atom. The summed E-state index contributed by atoms with van der Waals surface area (Å²) in [5.41, 5.74) is 1.55. The van der Waals surface area contributed by atoms with Gasteiger partial charge in [0, 0.05) is 25.3 Å². The minimum atomic E-state index is -0.0776. The lowest BCUT2D eigenvalue weighted by atomic mass is 10.0. The van der Waals surface area contributed by atoms with Gasteiger partial charge in [-0.3, -0.25) is 9.78 Å². The second kappa shape index (κ2) is 5.96. The van der Waals surface area contributed by atoms with Gasteiger partial charge in [0.2, 0.25) is 0 Å². The van der Waals surface area contributed by atoms with E-state index in [0.29, 0.717) is 24.1 Å². The highest BCUT2D eigenvalue weighted by molar-refractivity contribution is 5.93. The molecule has 4 heteroatoms. The summed E-state index contributed by atoms with van der Waals surface area (Å²) < 4.78 is 5.29. The average Bonchev–Trinajstić information content (AvgIpc) is 2.89. The third-order valence-corrected chi connectivity index (χ3v) is 3.25. The number of aromatic nitrogens is 1. The summed E-state index contributed by atoms with van der Waals surface area (Å²) in [6.45, 7) is 6.37. The maximum atomic E-state index is 12.1. The molecule has 4 nitrogen and oxygen atoms in total. The van der Waals surface area contributed by atoms with E-state index in [0.717, 1.165) is 25.2 Å². The van der Waals surface area contributed by atoms with Gasteiger partial charge in [-0.1, -0.05) is 19.9 Å². The van der Waals surface area contributed by atoms with Gasteiger partial charge in [0.15, 0.2) is 0 Å². The number of carbonyl (C=O) groups excluding carboxylic acids is 1. The van der Waals surface area contributed by atoms with Crippen LogP contribution in [0.3, 0.4) is 0 Å². The molecule has 1 aliphatic rings.